The van der Waals surface area contributed by atoms with Crippen LogP contribution in [0.25, 0.3) is 0 Å². The van der Waals surface area contributed by atoms with Gasteiger partial charge in [-0.05, 0) is 30.7 Å². The summed E-state index contributed by atoms with van der Waals surface area (Å²) in [6, 6.07) is 17.0. The Balaban J connectivity index is 1.54. The number of carbonyl (C=O) groups excluding carboxylic acids is 1. The maximum absolute atomic E-state index is 13.3. The molecular formula is C25H28ClN5O3. The molecule has 0 unspecified atom stereocenters. The van der Waals surface area contributed by atoms with E-state index in [1.807, 2.05) is 59.5 Å². The standard InChI is InChI=1S/C25H28ClN5O3/c1-2-30-24(33)22(23(27)31(25(30)34)16-18-7-4-3-5-8-18)21(32)17-28-11-13-29(14-12-28)20-10-6-9-19(26)15-20/h3-10,15H,2,11-14,16-17,27H2,1H3. The molecule has 9 heteroatoms. The number of halogens is 1. The second-order valence-electron chi connectivity index (χ2n) is 8.33. The number of hydrogen-bond acceptors (Lipinski definition) is 6. The number of nitrogens with two attached hydrogens (primary N) is 1. The minimum Gasteiger partial charge on any atom is -0.384 e. The van der Waals surface area contributed by atoms with Crippen LogP contribution in [-0.4, -0.2) is 52.5 Å². The van der Waals surface area contributed by atoms with Crippen molar-refractivity contribution in [2.75, 3.05) is 43.4 Å². The average molecular weight is 482 g/mol. The van der Waals surface area contributed by atoms with Crippen molar-refractivity contribution in [1.82, 2.24) is 14.0 Å². The third kappa shape index (κ3) is 4.93. The zero-order valence-corrected chi connectivity index (χ0v) is 19.9. The highest BCUT2D eigenvalue weighted by molar-refractivity contribution is 6.30. The van der Waals surface area contributed by atoms with Crippen LogP contribution in [0.2, 0.25) is 5.02 Å². The van der Waals surface area contributed by atoms with E-state index in [0.717, 1.165) is 28.9 Å². The Bertz CT molecular complexity index is 1290. The van der Waals surface area contributed by atoms with Gasteiger partial charge in [-0.1, -0.05) is 48.0 Å². The fourth-order valence-corrected chi connectivity index (χ4v) is 4.48. The van der Waals surface area contributed by atoms with Gasteiger partial charge in [-0.15, -0.1) is 0 Å². The summed E-state index contributed by atoms with van der Waals surface area (Å²) >= 11 is 6.11. The minimum absolute atomic E-state index is 0.0656. The van der Waals surface area contributed by atoms with Crippen LogP contribution >= 0.6 is 11.6 Å². The van der Waals surface area contributed by atoms with Crippen molar-refractivity contribution in [3.63, 3.8) is 0 Å². The molecule has 1 aromatic heterocycles. The summed E-state index contributed by atoms with van der Waals surface area (Å²) < 4.78 is 2.38. The van der Waals surface area contributed by atoms with Crippen molar-refractivity contribution in [2.24, 2.45) is 0 Å². The lowest BCUT2D eigenvalue weighted by Gasteiger charge is -2.35. The van der Waals surface area contributed by atoms with Crippen molar-refractivity contribution in [2.45, 2.75) is 20.0 Å². The lowest BCUT2D eigenvalue weighted by molar-refractivity contribution is 0.0924. The van der Waals surface area contributed by atoms with E-state index < -0.39 is 11.2 Å². The van der Waals surface area contributed by atoms with Crippen LogP contribution in [0.1, 0.15) is 22.8 Å². The van der Waals surface area contributed by atoms with Gasteiger partial charge in [0.25, 0.3) is 5.56 Å². The first-order valence-electron chi connectivity index (χ1n) is 11.3. The molecule has 3 aromatic rings. The molecule has 1 aliphatic heterocycles. The number of carbonyl (C=O) groups is 1. The van der Waals surface area contributed by atoms with Crippen LogP contribution in [0.5, 0.6) is 0 Å². The molecule has 0 bridgehead atoms. The molecule has 2 heterocycles. The summed E-state index contributed by atoms with van der Waals surface area (Å²) in [5.74, 6) is -0.450. The molecule has 0 atom stereocenters. The first-order valence-corrected chi connectivity index (χ1v) is 11.7. The molecule has 0 amide bonds. The second-order valence-corrected chi connectivity index (χ2v) is 8.77. The topological polar surface area (TPSA) is 93.6 Å². The molecule has 0 spiro atoms. The van der Waals surface area contributed by atoms with Crippen LogP contribution < -0.4 is 21.9 Å². The van der Waals surface area contributed by atoms with E-state index in [9.17, 15) is 14.4 Å². The van der Waals surface area contributed by atoms with Crippen molar-refractivity contribution >= 4 is 28.9 Å². The van der Waals surface area contributed by atoms with E-state index in [1.54, 1.807) is 6.92 Å². The zero-order chi connectivity index (χ0) is 24.2. The van der Waals surface area contributed by atoms with Crippen LogP contribution in [0.4, 0.5) is 11.5 Å². The van der Waals surface area contributed by atoms with Crippen LogP contribution in [-0.2, 0) is 13.1 Å². The lowest BCUT2D eigenvalue weighted by atomic mass is 10.1. The van der Waals surface area contributed by atoms with Gasteiger partial charge in [-0.25, -0.2) is 4.79 Å². The van der Waals surface area contributed by atoms with Gasteiger partial charge in [0.2, 0.25) is 0 Å². The fourth-order valence-electron chi connectivity index (χ4n) is 4.29. The van der Waals surface area contributed by atoms with Gasteiger partial charge in [0, 0.05) is 43.4 Å². The smallest absolute Gasteiger partial charge is 0.332 e. The van der Waals surface area contributed by atoms with E-state index in [2.05, 4.69) is 4.90 Å². The predicted octanol–water partition coefficient (Wildman–Crippen LogP) is 2.32. The summed E-state index contributed by atoms with van der Waals surface area (Å²) in [6.07, 6.45) is 0. The SMILES string of the molecule is CCn1c(=O)c(C(=O)CN2CCN(c3cccc(Cl)c3)CC2)c(N)n(Cc2ccccc2)c1=O. The zero-order valence-electron chi connectivity index (χ0n) is 19.1. The van der Waals surface area contributed by atoms with Crippen molar-refractivity contribution in [3.05, 3.63) is 91.6 Å². The van der Waals surface area contributed by atoms with Gasteiger partial charge in [0.1, 0.15) is 11.4 Å². The predicted molar refractivity (Wildman–Crippen MR) is 135 cm³/mol. The Morgan fingerprint density at radius 3 is 2.32 bits per heavy atom. The number of aromatic nitrogens is 2. The number of nitrogens with zero attached hydrogens (tertiary/aromatic N) is 4. The van der Waals surface area contributed by atoms with Crippen LogP contribution in [0, 0.1) is 0 Å². The quantitative estimate of drug-likeness (QED) is 0.520. The normalized spacial score (nSPS) is 14.4. The summed E-state index contributed by atoms with van der Waals surface area (Å²) in [4.78, 5) is 43.4. The fraction of sp³-hybridized carbons (Fsp3) is 0.320. The van der Waals surface area contributed by atoms with Gasteiger partial charge in [0.05, 0.1) is 13.1 Å². The number of benzene rings is 2. The molecule has 8 nitrogen and oxygen atoms in total. The third-order valence-corrected chi connectivity index (χ3v) is 6.39. The lowest BCUT2D eigenvalue weighted by Crippen LogP contribution is -2.49. The molecule has 178 valence electrons. The maximum Gasteiger partial charge on any atom is 0.332 e. The van der Waals surface area contributed by atoms with Gasteiger partial charge >= 0.3 is 5.69 Å². The van der Waals surface area contributed by atoms with Crippen molar-refractivity contribution in [1.29, 1.82) is 0 Å². The molecule has 2 aromatic carbocycles. The molecule has 1 saturated heterocycles. The van der Waals surface area contributed by atoms with Gasteiger partial charge < -0.3 is 10.6 Å². The summed E-state index contributed by atoms with van der Waals surface area (Å²) in [5.41, 5.74) is 6.90. The van der Waals surface area contributed by atoms with E-state index in [-0.39, 0.29) is 36.8 Å². The van der Waals surface area contributed by atoms with Crippen LogP contribution in [0.15, 0.2) is 64.2 Å². The molecule has 4 rings (SSSR count). The number of hydrogen-bond donors (Lipinski definition) is 1. The maximum atomic E-state index is 13.3. The monoisotopic (exact) mass is 481 g/mol. The number of piperazine rings is 1. The molecule has 0 aliphatic carbocycles. The Hall–Kier alpha value is -3.36. The highest BCUT2D eigenvalue weighted by atomic mass is 35.5. The number of nitrogen functional groups attached to an aromatic ring is 1. The Labute approximate surface area is 202 Å². The van der Waals surface area contributed by atoms with Gasteiger partial charge in [-0.3, -0.25) is 23.6 Å². The molecule has 1 fully saturated rings. The minimum atomic E-state index is -0.628. The molecule has 34 heavy (non-hydrogen) atoms. The van der Waals surface area contributed by atoms with Gasteiger partial charge in [0.15, 0.2) is 5.78 Å². The number of ketones is 1. The first-order chi connectivity index (χ1) is 16.4. The van der Waals surface area contributed by atoms with Crippen molar-refractivity contribution in [3.8, 4) is 0 Å². The molecule has 2 N–H and O–H groups in total. The average Bonchev–Trinajstić information content (AvgIpc) is 2.83. The Kier molecular flexibility index (Phi) is 7.19. The molecular weight excluding hydrogens is 454 g/mol. The molecule has 0 saturated carbocycles. The van der Waals surface area contributed by atoms with Crippen LogP contribution in [0.3, 0.4) is 0 Å². The Morgan fingerprint density at radius 1 is 0.971 bits per heavy atom. The number of Topliss-reactive ketones (excluding diaryl/α,β-unsaturated/α-hetero) is 1. The highest BCUT2D eigenvalue weighted by Crippen LogP contribution is 2.21. The van der Waals surface area contributed by atoms with E-state index in [1.165, 1.54) is 4.57 Å². The van der Waals surface area contributed by atoms with E-state index in [4.69, 9.17) is 17.3 Å². The van der Waals surface area contributed by atoms with Crippen molar-refractivity contribution < 1.29 is 4.79 Å². The van der Waals surface area contributed by atoms with E-state index >= 15 is 0 Å². The number of anilines is 2. The summed E-state index contributed by atoms with van der Waals surface area (Å²) in [7, 11) is 0. The third-order valence-electron chi connectivity index (χ3n) is 6.16. The Morgan fingerprint density at radius 2 is 1.68 bits per heavy atom. The summed E-state index contributed by atoms with van der Waals surface area (Å²) in [6.45, 7) is 4.89. The summed E-state index contributed by atoms with van der Waals surface area (Å²) in [5, 5.41) is 0.684. The highest BCUT2D eigenvalue weighted by Gasteiger charge is 2.26. The number of rotatable bonds is 7. The molecule has 1 aliphatic rings. The van der Waals surface area contributed by atoms with E-state index in [0.29, 0.717) is 18.1 Å². The largest absolute Gasteiger partial charge is 0.384 e. The first kappa shape index (κ1) is 23.8. The molecule has 0 radical (unpaired) electrons. The second kappa shape index (κ2) is 10.3. The van der Waals surface area contributed by atoms with Gasteiger partial charge in [-0.2, -0.15) is 0 Å².